The number of allylic oxidation sites excluding steroid dienone is 2. The van der Waals surface area contributed by atoms with Gasteiger partial charge in [0.1, 0.15) is 0 Å². The van der Waals surface area contributed by atoms with Crippen LogP contribution in [0.4, 0.5) is 32.0 Å². The van der Waals surface area contributed by atoms with Gasteiger partial charge in [0.15, 0.2) is 0 Å². The van der Waals surface area contributed by atoms with Crippen LogP contribution < -0.4 is 5.32 Å². The van der Waals surface area contributed by atoms with Crippen molar-refractivity contribution >= 4 is 17.2 Å². The smallest absolute Gasteiger partial charge is 0.322 e. The highest BCUT2D eigenvalue weighted by Crippen LogP contribution is 2.33. The van der Waals surface area contributed by atoms with E-state index in [4.69, 9.17) is 5.26 Å². The topological polar surface area (TPSA) is 52.9 Å². The van der Waals surface area contributed by atoms with Crippen molar-refractivity contribution < 1.29 is 31.1 Å². The Morgan fingerprint density at radius 3 is 1.78 bits per heavy atom. The van der Waals surface area contributed by atoms with Gasteiger partial charge in [-0.1, -0.05) is 54.6 Å². The molecule has 0 atom stereocenters. The molecule has 36 heavy (non-hydrogen) atoms. The van der Waals surface area contributed by atoms with E-state index in [0.717, 1.165) is 30.3 Å². The monoisotopic (exact) mass is 500 g/mol. The molecule has 0 heterocycles. The summed E-state index contributed by atoms with van der Waals surface area (Å²) in [6, 6.07) is 17.0. The molecule has 3 nitrogen and oxygen atoms in total. The number of rotatable bonds is 6. The number of hydrogen-bond acceptors (Lipinski definition) is 2. The Morgan fingerprint density at radius 1 is 0.806 bits per heavy atom. The second kappa shape index (κ2) is 11.0. The molecule has 0 spiro atoms. The second-order valence-corrected chi connectivity index (χ2v) is 7.57. The largest absolute Gasteiger partial charge is 0.416 e. The zero-order chi connectivity index (χ0) is 26.3. The molecule has 0 aliphatic heterocycles. The van der Waals surface area contributed by atoms with Crippen LogP contribution in [0.2, 0.25) is 0 Å². The molecule has 0 radical (unpaired) electrons. The summed E-state index contributed by atoms with van der Waals surface area (Å²) in [6.45, 7) is 0. The zero-order valence-electron chi connectivity index (χ0n) is 18.5. The van der Waals surface area contributed by atoms with Crippen LogP contribution in [0, 0.1) is 11.3 Å². The van der Waals surface area contributed by atoms with Gasteiger partial charge in [-0.25, -0.2) is 0 Å². The molecular formula is C27H18F6N2O. The van der Waals surface area contributed by atoms with Crippen LogP contribution in [0.25, 0.3) is 5.57 Å². The fourth-order valence-electron chi connectivity index (χ4n) is 3.32. The molecule has 184 valence electrons. The lowest BCUT2D eigenvalue weighted by atomic mass is 9.95. The number of halogens is 6. The van der Waals surface area contributed by atoms with Crippen molar-refractivity contribution in [3.05, 3.63) is 119 Å². The number of benzene rings is 3. The van der Waals surface area contributed by atoms with Crippen LogP contribution in [0.1, 0.15) is 27.8 Å². The predicted molar refractivity (Wildman–Crippen MR) is 123 cm³/mol. The molecule has 0 aliphatic rings. The first-order chi connectivity index (χ1) is 17.0. The summed E-state index contributed by atoms with van der Waals surface area (Å²) < 4.78 is 77.7. The average molecular weight is 500 g/mol. The van der Waals surface area contributed by atoms with E-state index in [9.17, 15) is 31.1 Å². The van der Waals surface area contributed by atoms with Crippen molar-refractivity contribution in [2.24, 2.45) is 0 Å². The lowest BCUT2D eigenvalue weighted by molar-refractivity contribution is -0.138. The molecule has 3 aromatic carbocycles. The Hall–Kier alpha value is -4.32. The van der Waals surface area contributed by atoms with Crippen molar-refractivity contribution in [2.45, 2.75) is 18.8 Å². The van der Waals surface area contributed by atoms with Gasteiger partial charge in [-0.2, -0.15) is 31.6 Å². The number of anilines is 1. The summed E-state index contributed by atoms with van der Waals surface area (Å²) in [5, 5.41) is 11.6. The van der Waals surface area contributed by atoms with E-state index in [1.165, 1.54) is 36.4 Å². The molecule has 0 bridgehead atoms. The zero-order valence-corrected chi connectivity index (χ0v) is 18.5. The highest BCUT2D eigenvalue weighted by atomic mass is 19.4. The van der Waals surface area contributed by atoms with Gasteiger partial charge in [-0.05, 0) is 52.6 Å². The highest BCUT2D eigenvalue weighted by molar-refractivity contribution is 6.00. The number of carbonyl (C=O) groups excluding carboxylic acids is 1. The first-order valence-electron chi connectivity index (χ1n) is 10.5. The summed E-state index contributed by atoms with van der Waals surface area (Å²) in [5.74, 6) is -0.532. The van der Waals surface area contributed by atoms with Gasteiger partial charge in [0, 0.05) is 11.8 Å². The lowest BCUT2D eigenvalue weighted by Crippen LogP contribution is -2.09. The van der Waals surface area contributed by atoms with E-state index in [1.54, 1.807) is 24.3 Å². The normalized spacial score (nSPS) is 11.7. The number of alkyl halides is 6. The summed E-state index contributed by atoms with van der Waals surface area (Å²) in [4.78, 5) is 12.4. The van der Waals surface area contributed by atoms with Crippen LogP contribution in [0.5, 0.6) is 0 Å². The fourth-order valence-corrected chi connectivity index (χ4v) is 3.32. The quantitative estimate of drug-likeness (QED) is 0.218. The summed E-state index contributed by atoms with van der Waals surface area (Å²) in [7, 11) is 0. The van der Waals surface area contributed by atoms with Crippen LogP contribution in [0.15, 0.2) is 91.0 Å². The number of para-hydroxylation sites is 1. The van der Waals surface area contributed by atoms with E-state index < -0.39 is 29.4 Å². The third-order valence-electron chi connectivity index (χ3n) is 5.10. The van der Waals surface area contributed by atoms with Gasteiger partial charge < -0.3 is 5.32 Å². The van der Waals surface area contributed by atoms with Crippen molar-refractivity contribution in [1.29, 1.82) is 5.26 Å². The van der Waals surface area contributed by atoms with Crippen molar-refractivity contribution in [1.82, 2.24) is 0 Å². The molecule has 0 saturated heterocycles. The van der Waals surface area contributed by atoms with Gasteiger partial charge in [0.05, 0.1) is 23.6 Å². The predicted octanol–water partition coefficient (Wildman–Crippen LogP) is 7.42. The first kappa shape index (κ1) is 26.3. The van der Waals surface area contributed by atoms with Gasteiger partial charge in [0.25, 0.3) is 0 Å². The summed E-state index contributed by atoms with van der Waals surface area (Å²) >= 11 is 0. The van der Waals surface area contributed by atoms with Gasteiger partial charge in [0.2, 0.25) is 5.91 Å². The molecule has 9 heteroatoms. The highest BCUT2D eigenvalue weighted by Gasteiger charge is 2.31. The van der Waals surface area contributed by atoms with Crippen LogP contribution in [-0.2, 0) is 23.6 Å². The maximum absolute atomic E-state index is 13.0. The Labute approximate surface area is 203 Å². The van der Waals surface area contributed by atoms with E-state index >= 15 is 0 Å². The minimum Gasteiger partial charge on any atom is -0.322 e. The Morgan fingerprint density at radius 2 is 1.31 bits per heavy atom. The standard InChI is InChI=1S/C27H18F6N2O/c28-26(29,30)21-12-8-18(9-13-21)23(19-10-14-22(15-11-19)27(31,32)33)5-3-7-25(36)35-24-6-2-1-4-20(24)16-17-34/h1-15H,16H2,(H,35,36)/b7-3+. The summed E-state index contributed by atoms with van der Waals surface area (Å²) in [6.07, 6.45) is -5.07. The van der Waals surface area contributed by atoms with Crippen molar-refractivity contribution in [3.8, 4) is 6.07 Å². The minimum atomic E-state index is -4.55. The molecule has 3 aromatic rings. The number of nitrogens with one attached hydrogen (secondary N) is 1. The third kappa shape index (κ3) is 6.85. The fraction of sp³-hybridized carbons (Fsp3) is 0.111. The molecule has 3 rings (SSSR count). The maximum atomic E-state index is 13.0. The third-order valence-corrected chi connectivity index (χ3v) is 5.10. The molecule has 1 N–H and O–H groups in total. The maximum Gasteiger partial charge on any atom is 0.416 e. The summed E-state index contributed by atoms with van der Waals surface area (Å²) in [5.41, 5.74) is 0.259. The number of nitriles is 1. The number of nitrogens with zero attached hydrogens (tertiary/aromatic N) is 1. The van der Waals surface area contributed by atoms with Gasteiger partial charge in [-0.3, -0.25) is 4.79 Å². The number of carbonyl (C=O) groups is 1. The Balaban J connectivity index is 1.92. The van der Waals surface area contributed by atoms with Gasteiger partial charge in [-0.15, -0.1) is 0 Å². The van der Waals surface area contributed by atoms with E-state index in [2.05, 4.69) is 5.32 Å². The van der Waals surface area contributed by atoms with Crippen LogP contribution in [0.3, 0.4) is 0 Å². The van der Waals surface area contributed by atoms with E-state index in [1.807, 2.05) is 6.07 Å². The second-order valence-electron chi connectivity index (χ2n) is 7.57. The van der Waals surface area contributed by atoms with E-state index in [-0.39, 0.29) is 6.42 Å². The minimum absolute atomic E-state index is 0.0893. The SMILES string of the molecule is N#CCc1ccccc1NC(=O)/C=C/C=C(c1ccc(C(F)(F)F)cc1)c1ccc(C(F)(F)F)cc1. The Kier molecular flexibility index (Phi) is 8.00. The molecule has 0 aromatic heterocycles. The average Bonchev–Trinajstić information content (AvgIpc) is 2.82. The first-order valence-corrected chi connectivity index (χ1v) is 10.5. The van der Waals surface area contributed by atoms with Gasteiger partial charge >= 0.3 is 12.4 Å². The molecule has 0 saturated carbocycles. The molecular weight excluding hydrogens is 482 g/mol. The number of amides is 1. The molecule has 0 fully saturated rings. The molecule has 1 amide bonds. The number of hydrogen-bond donors (Lipinski definition) is 1. The van der Waals surface area contributed by atoms with Crippen molar-refractivity contribution in [2.75, 3.05) is 5.32 Å². The molecule has 0 aliphatic carbocycles. The van der Waals surface area contributed by atoms with Crippen LogP contribution in [-0.4, -0.2) is 5.91 Å². The Bertz CT molecular complexity index is 1250. The molecule has 0 unspecified atom stereocenters. The van der Waals surface area contributed by atoms with Crippen molar-refractivity contribution in [3.63, 3.8) is 0 Å². The van der Waals surface area contributed by atoms with E-state index in [0.29, 0.717) is 28.0 Å². The van der Waals surface area contributed by atoms with Crippen LogP contribution >= 0.6 is 0 Å². The lowest BCUT2D eigenvalue weighted by Gasteiger charge is -2.12.